The minimum absolute atomic E-state index is 0.291. The Labute approximate surface area is 124 Å². The number of oxime groups is 1. The molecule has 0 amide bonds. The van der Waals surface area contributed by atoms with Gasteiger partial charge in [0, 0.05) is 21.7 Å². The number of fused-ring (bicyclic) bond motifs is 1. The van der Waals surface area contributed by atoms with Crippen LogP contribution in [0.5, 0.6) is 11.5 Å². The Bertz CT molecular complexity index is 670. The van der Waals surface area contributed by atoms with Crippen LogP contribution in [0.25, 0.3) is 0 Å². The quantitative estimate of drug-likeness (QED) is 0.689. The third kappa shape index (κ3) is 2.49. The van der Waals surface area contributed by atoms with E-state index in [9.17, 15) is 0 Å². The van der Waals surface area contributed by atoms with Crippen LogP contribution in [0.15, 0.2) is 52.1 Å². The summed E-state index contributed by atoms with van der Waals surface area (Å²) in [6.07, 6.45) is 0. The lowest BCUT2D eigenvalue weighted by Crippen LogP contribution is -2.01. The van der Waals surface area contributed by atoms with E-state index in [4.69, 9.17) is 14.7 Å². The van der Waals surface area contributed by atoms with Gasteiger partial charge in [0.15, 0.2) is 0 Å². The molecule has 102 valence electrons. The second-order valence-corrected chi connectivity index (χ2v) is 5.23. The largest absolute Gasteiger partial charge is 0.489 e. The Hall–Kier alpha value is -2.01. The van der Waals surface area contributed by atoms with E-state index in [1.807, 2.05) is 42.5 Å². The third-order valence-electron chi connectivity index (χ3n) is 3.10. The lowest BCUT2D eigenvalue weighted by Gasteiger charge is -2.08. The Morgan fingerprint density at radius 3 is 2.90 bits per heavy atom. The van der Waals surface area contributed by atoms with Crippen LogP contribution in [0, 0.1) is 0 Å². The zero-order chi connectivity index (χ0) is 13.9. The number of hydrogen-bond acceptors (Lipinski definition) is 4. The van der Waals surface area contributed by atoms with E-state index in [-0.39, 0.29) is 0 Å². The summed E-state index contributed by atoms with van der Waals surface area (Å²) in [5.41, 5.74) is 2.42. The fraction of sp³-hybridized carbons (Fsp3) is 0.133. The lowest BCUT2D eigenvalue weighted by atomic mass is 10.1. The average Bonchev–Trinajstić information content (AvgIpc) is 2.88. The van der Waals surface area contributed by atoms with Gasteiger partial charge in [0.05, 0.1) is 0 Å². The van der Waals surface area contributed by atoms with Gasteiger partial charge in [-0.2, -0.15) is 0 Å². The van der Waals surface area contributed by atoms with Crippen molar-refractivity contribution in [3.63, 3.8) is 0 Å². The highest BCUT2D eigenvalue weighted by atomic mass is 79.9. The van der Waals surface area contributed by atoms with Crippen molar-refractivity contribution in [3.05, 3.63) is 58.1 Å². The minimum atomic E-state index is 0.291. The van der Waals surface area contributed by atoms with Gasteiger partial charge in [-0.25, -0.2) is 0 Å². The lowest BCUT2D eigenvalue weighted by molar-refractivity contribution is 0.302. The molecule has 0 unspecified atom stereocenters. The smallest absolute Gasteiger partial charge is 0.134 e. The molecule has 0 aliphatic carbocycles. The third-order valence-corrected chi connectivity index (χ3v) is 3.87. The first-order chi connectivity index (χ1) is 9.78. The molecule has 1 aliphatic heterocycles. The fourth-order valence-electron chi connectivity index (χ4n) is 2.03. The highest BCUT2D eigenvalue weighted by Gasteiger charge is 2.20. The number of rotatable bonds is 3. The summed E-state index contributed by atoms with van der Waals surface area (Å²) in [7, 11) is 0. The summed E-state index contributed by atoms with van der Waals surface area (Å²) in [6, 6.07) is 13.4. The van der Waals surface area contributed by atoms with Crippen molar-refractivity contribution in [1.82, 2.24) is 0 Å². The topological polar surface area (TPSA) is 51.1 Å². The molecule has 0 fully saturated rings. The molecule has 0 bridgehead atoms. The maximum Gasteiger partial charge on any atom is 0.134 e. The maximum atomic E-state index is 8.84. The Morgan fingerprint density at radius 2 is 2.10 bits per heavy atom. The number of benzene rings is 2. The molecule has 0 radical (unpaired) electrons. The Kier molecular flexibility index (Phi) is 3.60. The van der Waals surface area contributed by atoms with Gasteiger partial charge in [-0.1, -0.05) is 39.3 Å². The summed E-state index contributed by atoms with van der Waals surface area (Å²) in [5.74, 6) is 1.40. The van der Waals surface area contributed by atoms with E-state index < -0.39 is 0 Å². The minimum Gasteiger partial charge on any atom is -0.489 e. The van der Waals surface area contributed by atoms with E-state index in [0.717, 1.165) is 21.3 Å². The molecule has 20 heavy (non-hydrogen) atoms. The molecule has 2 aromatic rings. The van der Waals surface area contributed by atoms with Gasteiger partial charge in [-0.3, -0.25) is 0 Å². The normalized spacial score (nSPS) is 14.9. The van der Waals surface area contributed by atoms with Crippen LogP contribution >= 0.6 is 15.9 Å². The first kappa shape index (κ1) is 13.0. The van der Waals surface area contributed by atoms with Crippen molar-refractivity contribution in [1.29, 1.82) is 0 Å². The van der Waals surface area contributed by atoms with Gasteiger partial charge in [-0.05, 0) is 18.2 Å². The van der Waals surface area contributed by atoms with E-state index in [1.165, 1.54) is 0 Å². The van der Waals surface area contributed by atoms with Crippen molar-refractivity contribution in [2.75, 3.05) is 6.61 Å². The van der Waals surface area contributed by atoms with Crippen molar-refractivity contribution in [3.8, 4) is 11.5 Å². The standard InChI is InChI=1S/C15H12BrNO3/c16-13-4-2-1-3-10(13)8-19-11-5-6-12-14(17-18)9-20-15(12)7-11/h1-7,18H,8-9H2. The zero-order valence-electron chi connectivity index (χ0n) is 10.5. The van der Waals surface area contributed by atoms with Crippen molar-refractivity contribution >= 4 is 21.6 Å². The van der Waals surface area contributed by atoms with E-state index >= 15 is 0 Å². The summed E-state index contributed by atoms with van der Waals surface area (Å²) >= 11 is 3.49. The summed E-state index contributed by atoms with van der Waals surface area (Å²) < 4.78 is 12.2. The first-order valence-electron chi connectivity index (χ1n) is 6.12. The number of halogens is 1. The zero-order valence-corrected chi connectivity index (χ0v) is 12.1. The van der Waals surface area contributed by atoms with Gasteiger partial charge < -0.3 is 14.7 Å². The molecular weight excluding hydrogens is 322 g/mol. The van der Waals surface area contributed by atoms with E-state index in [1.54, 1.807) is 0 Å². The fourth-order valence-corrected chi connectivity index (χ4v) is 2.43. The molecule has 4 nitrogen and oxygen atoms in total. The van der Waals surface area contributed by atoms with Crippen LogP contribution in [0.1, 0.15) is 11.1 Å². The molecule has 3 rings (SSSR count). The van der Waals surface area contributed by atoms with Crippen molar-refractivity contribution in [2.45, 2.75) is 6.61 Å². The van der Waals surface area contributed by atoms with Crippen LogP contribution < -0.4 is 9.47 Å². The molecule has 0 saturated heterocycles. The second kappa shape index (κ2) is 5.54. The van der Waals surface area contributed by atoms with Crippen LogP contribution in [-0.4, -0.2) is 17.5 Å². The SMILES string of the molecule is ON=C1COc2cc(OCc3ccccc3Br)ccc21. The Morgan fingerprint density at radius 1 is 1.25 bits per heavy atom. The van der Waals surface area contributed by atoms with Gasteiger partial charge in [0.25, 0.3) is 0 Å². The van der Waals surface area contributed by atoms with Gasteiger partial charge in [0.2, 0.25) is 0 Å². The van der Waals surface area contributed by atoms with Gasteiger partial charge in [0.1, 0.15) is 30.4 Å². The van der Waals surface area contributed by atoms with E-state index in [2.05, 4.69) is 21.1 Å². The maximum absolute atomic E-state index is 8.84. The summed E-state index contributed by atoms with van der Waals surface area (Å²) in [4.78, 5) is 0. The van der Waals surface area contributed by atoms with Gasteiger partial charge in [-0.15, -0.1) is 0 Å². The average molecular weight is 334 g/mol. The Balaban J connectivity index is 1.75. The summed E-state index contributed by atoms with van der Waals surface area (Å²) in [5, 5.41) is 12.0. The predicted molar refractivity (Wildman–Crippen MR) is 78.7 cm³/mol. The number of ether oxygens (including phenoxy) is 2. The van der Waals surface area contributed by atoms with Crippen molar-refractivity contribution in [2.24, 2.45) is 5.16 Å². The molecule has 0 aromatic heterocycles. The molecule has 1 aliphatic rings. The number of nitrogens with zero attached hydrogens (tertiary/aromatic N) is 1. The van der Waals surface area contributed by atoms with Crippen LogP contribution in [0.3, 0.4) is 0 Å². The molecule has 0 spiro atoms. The van der Waals surface area contributed by atoms with Crippen LogP contribution in [0.2, 0.25) is 0 Å². The van der Waals surface area contributed by atoms with Crippen LogP contribution in [0.4, 0.5) is 0 Å². The molecular formula is C15H12BrNO3. The predicted octanol–water partition coefficient (Wildman–Crippen LogP) is 3.60. The molecule has 0 saturated carbocycles. The summed E-state index contributed by atoms with van der Waals surface area (Å²) in [6.45, 7) is 0.765. The highest BCUT2D eigenvalue weighted by Crippen LogP contribution is 2.30. The molecule has 1 heterocycles. The molecule has 2 aromatic carbocycles. The van der Waals surface area contributed by atoms with Gasteiger partial charge >= 0.3 is 0 Å². The highest BCUT2D eigenvalue weighted by molar-refractivity contribution is 9.10. The second-order valence-electron chi connectivity index (χ2n) is 4.37. The molecule has 0 atom stereocenters. The van der Waals surface area contributed by atoms with Crippen molar-refractivity contribution < 1.29 is 14.7 Å². The van der Waals surface area contributed by atoms with Crippen LogP contribution in [-0.2, 0) is 6.61 Å². The van der Waals surface area contributed by atoms with E-state index in [0.29, 0.717) is 24.7 Å². The first-order valence-corrected chi connectivity index (χ1v) is 6.91. The monoisotopic (exact) mass is 333 g/mol. The molecule has 5 heteroatoms. The molecule has 1 N–H and O–H groups in total. The number of hydrogen-bond donors (Lipinski definition) is 1.